The zero-order chi connectivity index (χ0) is 19.2. The van der Waals surface area contributed by atoms with Gasteiger partial charge in [-0.3, -0.25) is 4.79 Å². The second kappa shape index (κ2) is 9.31. The van der Waals surface area contributed by atoms with Crippen molar-refractivity contribution in [2.45, 2.75) is 32.2 Å². The number of rotatable bonds is 6. The summed E-state index contributed by atoms with van der Waals surface area (Å²) in [5.74, 6) is -0.652. The van der Waals surface area contributed by atoms with Crippen LogP contribution in [-0.2, 0) is 6.42 Å². The van der Waals surface area contributed by atoms with E-state index in [1.165, 1.54) is 6.07 Å². The Morgan fingerprint density at radius 1 is 1.26 bits per heavy atom. The SMILES string of the molecule is Cc1ccccc1C(=O)Nc1cc(F)c(CCNC2CCNCC2)cc1Cl. The van der Waals surface area contributed by atoms with Crippen LogP contribution in [0.2, 0.25) is 5.02 Å². The average molecular weight is 390 g/mol. The molecule has 144 valence electrons. The lowest BCUT2D eigenvalue weighted by atomic mass is 10.1. The fourth-order valence-electron chi connectivity index (χ4n) is 3.33. The van der Waals surface area contributed by atoms with E-state index in [9.17, 15) is 9.18 Å². The number of benzene rings is 2. The van der Waals surface area contributed by atoms with Gasteiger partial charge in [0.25, 0.3) is 5.91 Å². The molecule has 0 saturated carbocycles. The molecule has 0 aliphatic carbocycles. The van der Waals surface area contributed by atoms with Crippen LogP contribution in [0.4, 0.5) is 10.1 Å². The number of halogens is 2. The molecule has 2 aromatic carbocycles. The Kier molecular flexibility index (Phi) is 6.83. The molecule has 0 radical (unpaired) electrons. The maximum Gasteiger partial charge on any atom is 0.255 e. The minimum atomic E-state index is -0.355. The predicted octanol–water partition coefficient (Wildman–Crippen LogP) is 3.92. The molecule has 0 spiro atoms. The number of amides is 1. The zero-order valence-corrected chi connectivity index (χ0v) is 16.2. The summed E-state index contributed by atoms with van der Waals surface area (Å²) < 4.78 is 14.5. The first-order chi connectivity index (χ1) is 13.0. The van der Waals surface area contributed by atoms with E-state index >= 15 is 0 Å². The normalized spacial score (nSPS) is 14.9. The number of hydrogen-bond donors (Lipinski definition) is 3. The van der Waals surface area contributed by atoms with Gasteiger partial charge >= 0.3 is 0 Å². The Labute approximate surface area is 164 Å². The smallest absolute Gasteiger partial charge is 0.255 e. The van der Waals surface area contributed by atoms with Crippen molar-refractivity contribution in [1.82, 2.24) is 10.6 Å². The minimum Gasteiger partial charge on any atom is -0.321 e. The van der Waals surface area contributed by atoms with Crippen LogP contribution in [0.25, 0.3) is 0 Å². The van der Waals surface area contributed by atoms with Crippen LogP contribution in [0.15, 0.2) is 36.4 Å². The molecule has 0 bridgehead atoms. The number of carbonyl (C=O) groups is 1. The van der Waals surface area contributed by atoms with E-state index in [0.717, 1.165) is 31.5 Å². The van der Waals surface area contributed by atoms with Gasteiger partial charge in [0.1, 0.15) is 5.82 Å². The molecule has 1 aliphatic rings. The van der Waals surface area contributed by atoms with E-state index in [1.807, 2.05) is 19.1 Å². The van der Waals surface area contributed by atoms with Crippen molar-refractivity contribution in [1.29, 1.82) is 0 Å². The molecule has 1 amide bonds. The third-order valence-corrected chi connectivity index (χ3v) is 5.25. The number of aryl methyl sites for hydroxylation is 1. The summed E-state index contributed by atoms with van der Waals surface area (Å²) in [5.41, 5.74) is 2.24. The number of hydrogen-bond acceptors (Lipinski definition) is 3. The summed E-state index contributed by atoms with van der Waals surface area (Å²) >= 11 is 6.29. The largest absolute Gasteiger partial charge is 0.321 e. The van der Waals surface area contributed by atoms with E-state index in [1.54, 1.807) is 18.2 Å². The third-order valence-electron chi connectivity index (χ3n) is 4.94. The molecule has 0 aromatic heterocycles. The highest BCUT2D eigenvalue weighted by Gasteiger charge is 2.15. The standard InChI is InChI=1S/C21H25ClFN3O/c1-14-4-2-3-5-17(14)21(27)26-20-13-19(23)15(12-18(20)22)6-11-25-16-7-9-24-10-8-16/h2-5,12-13,16,24-25H,6-11H2,1H3,(H,26,27). The second-order valence-electron chi connectivity index (χ2n) is 6.92. The monoisotopic (exact) mass is 389 g/mol. The molecule has 4 nitrogen and oxygen atoms in total. The van der Waals surface area contributed by atoms with E-state index in [4.69, 9.17) is 11.6 Å². The van der Waals surface area contributed by atoms with Crippen LogP contribution in [0.5, 0.6) is 0 Å². The Balaban J connectivity index is 1.62. The molecule has 3 N–H and O–H groups in total. The van der Waals surface area contributed by atoms with Crippen LogP contribution >= 0.6 is 11.6 Å². The van der Waals surface area contributed by atoms with Crippen molar-refractivity contribution in [3.05, 3.63) is 63.9 Å². The van der Waals surface area contributed by atoms with Crippen LogP contribution in [0.1, 0.15) is 34.3 Å². The lowest BCUT2D eigenvalue weighted by molar-refractivity contribution is 0.102. The molecule has 1 aliphatic heterocycles. The molecule has 3 rings (SSSR count). The molecule has 1 fully saturated rings. The highest BCUT2D eigenvalue weighted by atomic mass is 35.5. The van der Waals surface area contributed by atoms with Gasteiger partial charge < -0.3 is 16.0 Å². The first kappa shape index (κ1) is 19.8. The molecular weight excluding hydrogens is 365 g/mol. The van der Waals surface area contributed by atoms with Crippen molar-refractivity contribution < 1.29 is 9.18 Å². The molecule has 27 heavy (non-hydrogen) atoms. The van der Waals surface area contributed by atoms with Gasteiger partial charge in [0.05, 0.1) is 10.7 Å². The van der Waals surface area contributed by atoms with Crippen LogP contribution in [0.3, 0.4) is 0 Å². The fourth-order valence-corrected chi connectivity index (χ4v) is 3.56. The Morgan fingerprint density at radius 2 is 2.00 bits per heavy atom. The summed E-state index contributed by atoms with van der Waals surface area (Å²) in [6.45, 7) is 4.60. The van der Waals surface area contributed by atoms with Crippen molar-refractivity contribution in [3.8, 4) is 0 Å². The first-order valence-corrected chi connectivity index (χ1v) is 9.71. The topological polar surface area (TPSA) is 53.2 Å². The molecular formula is C21H25ClFN3O. The molecule has 1 heterocycles. The second-order valence-corrected chi connectivity index (χ2v) is 7.33. The summed E-state index contributed by atoms with van der Waals surface area (Å²) in [6.07, 6.45) is 2.74. The van der Waals surface area contributed by atoms with Crippen LogP contribution in [-0.4, -0.2) is 31.6 Å². The van der Waals surface area contributed by atoms with Gasteiger partial charge in [-0.2, -0.15) is 0 Å². The number of nitrogens with one attached hydrogen (secondary N) is 3. The lowest BCUT2D eigenvalue weighted by Gasteiger charge is -2.23. The number of anilines is 1. The van der Waals surface area contributed by atoms with E-state index in [0.29, 0.717) is 35.2 Å². The Bertz CT molecular complexity index is 806. The Hall–Kier alpha value is -1.95. The highest BCUT2D eigenvalue weighted by Crippen LogP contribution is 2.26. The van der Waals surface area contributed by atoms with Gasteiger partial charge in [-0.25, -0.2) is 4.39 Å². The van der Waals surface area contributed by atoms with Gasteiger partial charge in [-0.1, -0.05) is 29.8 Å². The van der Waals surface area contributed by atoms with Crippen molar-refractivity contribution in [2.75, 3.05) is 25.0 Å². The van der Waals surface area contributed by atoms with Crippen LogP contribution < -0.4 is 16.0 Å². The maximum absolute atomic E-state index is 14.5. The van der Waals surface area contributed by atoms with E-state index < -0.39 is 0 Å². The predicted molar refractivity (Wildman–Crippen MR) is 108 cm³/mol. The van der Waals surface area contributed by atoms with Gasteiger partial charge in [0, 0.05) is 11.6 Å². The Morgan fingerprint density at radius 3 is 2.74 bits per heavy atom. The third kappa shape index (κ3) is 5.28. The lowest BCUT2D eigenvalue weighted by Crippen LogP contribution is -2.40. The number of piperidine rings is 1. The van der Waals surface area contributed by atoms with Gasteiger partial charge in [-0.05, 0) is 75.1 Å². The number of carbonyl (C=O) groups excluding carboxylic acids is 1. The summed E-state index contributed by atoms with van der Waals surface area (Å²) in [6, 6.07) is 10.6. The molecule has 0 unspecified atom stereocenters. The summed E-state index contributed by atoms with van der Waals surface area (Å²) in [5, 5.41) is 9.85. The van der Waals surface area contributed by atoms with Crippen molar-refractivity contribution in [3.63, 3.8) is 0 Å². The average Bonchev–Trinajstić information content (AvgIpc) is 2.66. The van der Waals surface area contributed by atoms with E-state index in [2.05, 4.69) is 16.0 Å². The van der Waals surface area contributed by atoms with Crippen molar-refractivity contribution in [2.24, 2.45) is 0 Å². The molecule has 2 aromatic rings. The summed E-state index contributed by atoms with van der Waals surface area (Å²) in [7, 11) is 0. The minimum absolute atomic E-state index is 0.289. The zero-order valence-electron chi connectivity index (χ0n) is 15.4. The highest BCUT2D eigenvalue weighted by molar-refractivity contribution is 6.34. The first-order valence-electron chi connectivity index (χ1n) is 9.33. The molecule has 1 saturated heterocycles. The quantitative estimate of drug-likeness (QED) is 0.701. The molecule has 6 heteroatoms. The van der Waals surface area contributed by atoms with Crippen molar-refractivity contribution >= 4 is 23.2 Å². The van der Waals surface area contributed by atoms with E-state index in [-0.39, 0.29) is 17.4 Å². The maximum atomic E-state index is 14.5. The van der Waals surface area contributed by atoms with Gasteiger partial charge in [-0.15, -0.1) is 0 Å². The van der Waals surface area contributed by atoms with Gasteiger partial charge in [0.15, 0.2) is 0 Å². The fraction of sp³-hybridized carbons (Fsp3) is 0.381. The van der Waals surface area contributed by atoms with Gasteiger partial charge in [0.2, 0.25) is 0 Å². The van der Waals surface area contributed by atoms with Crippen LogP contribution in [0, 0.1) is 12.7 Å². The summed E-state index contributed by atoms with van der Waals surface area (Å²) in [4.78, 5) is 12.4. The molecule has 0 atom stereocenters.